The number of hydrogen-bond donors (Lipinski definition) is 1. The quantitative estimate of drug-likeness (QED) is 0.788. The molecule has 1 aromatic rings. The number of carbonyl (C=O) groups excluding carboxylic acids is 1. The Labute approximate surface area is 125 Å². The number of aromatic hydroxyl groups is 1. The zero-order chi connectivity index (χ0) is 15.8. The van der Waals surface area contributed by atoms with E-state index in [0.29, 0.717) is 25.5 Å². The Hall–Kier alpha value is -1.79. The van der Waals surface area contributed by atoms with Crippen LogP contribution in [-0.2, 0) is 9.47 Å². The lowest BCUT2D eigenvalue weighted by atomic mass is 10.1. The fourth-order valence-electron chi connectivity index (χ4n) is 2.02. The number of rotatable bonds is 8. The Morgan fingerprint density at radius 2 is 2.00 bits per heavy atom. The molecule has 0 bridgehead atoms. The minimum atomic E-state index is -0.267. The summed E-state index contributed by atoms with van der Waals surface area (Å²) in [6, 6.07) is 4.49. The van der Waals surface area contributed by atoms with Crippen molar-refractivity contribution < 1.29 is 24.1 Å². The van der Waals surface area contributed by atoms with Gasteiger partial charge in [0.2, 0.25) is 0 Å². The maximum absolute atomic E-state index is 12.6. The number of ether oxygens (including phenoxy) is 3. The Morgan fingerprint density at radius 1 is 1.29 bits per heavy atom. The van der Waals surface area contributed by atoms with E-state index >= 15 is 0 Å². The van der Waals surface area contributed by atoms with E-state index in [1.807, 2.05) is 6.92 Å². The SMILES string of the molecule is COCCN(C(=O)c1ccc(OC)cc1O)C(C)COC. The van der Waals surface area contributed by atoms with Gasteiger partial charge in [-0.15, -0.1) is 0 Å². The van der Waals surface area contributed by atoms with Gasteiger partial charge in [-0.1, -0.05) is 0 Å². The molecule has 0 saturated carbocycles. The predicted molar refractivity (Wildman–Crippen MR) is 78.9 cm³/mol. The maximum atomic E-state index is 12.6. The van der Waals surface area contributed by atoms with Crippen LogP contribution in [0.25, 0.3) is 0 Å². The number of amides is 1. The first-order valence-corrected chi connectivity index (χ1v) is 6.71. The molecule has 1 rings (SSSR count). The second-order valence-corrected chi connectivity index (χ2v) is 4.68. The van der Waals surface area contributed by atoms with Crippen LogP contribution in [-0.4, -0.2) is 63.0 Å². The molecule has 0 saturated heterocycles. The molecule has 1 aromatic carbocycles. The first-order valence-electron chi connectivity index (χ1n) is 6.71. The second-order valence-electron chi connectivity index (χ2n) is 4.68. The van der Waals surface area contributed by atoms with Gasteiger partial charge in [0.15, 0.2) is 0 Å². The van der Waals surface area contributed by atoms with Crippen molar-refractivity contribution in [1.29, 1.82) is 0 Å². The van der Waals surface area contributed by atoms with E-state index in [2.05, 4.69) is 0 Å². The fraction of sp³-hybridized carbons (Fsp3) is 0.533. The Balaban J connectivity index is 2.98. The number of nitrogens with zero attached hydrogens (tertiary/aromatic N) is 1. The summed E-state index contributed by atoms with van der Waals surface area (Å²) in [6.07, 6.45) is 0. The highest BCUT2D eigenvalue weighted by atomic mass is 16.5. The molecule has 0 spiro atoms. The molecule has 0 aliphatic rings. The van der Waals surface area contributed by atoms with Crippen LogP contribution in [0.1, 0.15) is 17.3 Å². The van der Waals surface area contributed by atoms with Crippen molar-refractivity contribution in [1.82, 2.24) is 4.90 Å². The zero-order valence-electron chi connectivity index (χ0n) is 13.0. The van der Waals surface area contributed by atoms with Crippen LogP contribution >= 0.6 is 0 Å². The first kappa shape index (κ1) is 17.3. The molecule has 1 unspecified atom stereocenters. The van der Waals surface area contributed by atoms with Gasteiger partial charge in [0, 0.05) is 26.8 Å². The number of phenols is 1. The number of phenolic OH excluding ortho intramolecular Hbond substituents is 1. The summed E-state index contributed by atoms with van der Waals surface area (Å²) in [5.41, 5.74) is 0.231. The third kappa shape index (κ3) is 4.61. The van der Waals surface area contributed by atoms with Gasteiger partial charge in [0.1, 0.15) is 11.5 Å². The topological polar surface area (TPSA) is 68.2 Å². The van der Waals surface area contributed by atoms with Crippen molar-refractivity contribution in [3.63, 3.8) is 0 Å². The number of methoxy groups -OCH3 is 3. The Morgan fingerprint density at radius 3 is 2.52 bits per heavy atom. The molecule has 0 aliphatic carbocycles. The second kappa shape index (κ2) is 8.49. The zero-order valence-corrected chi connectivity index (χ0v) is 13.0. The van der Waals surface area contributed by atoms with E-state index in [0.717, 1.165) is 0 Å². The summed E-state index contributed by atoms with van der Waals surface area (Å²) in [5, 5.41) is 9.99. The average molecular weight is 297 g/mol. The summed E-state index contributed by atoms with van der Waals surface area (Å²) in [6.45, 7) is 3.13. The van der Waals surface area contributed by atoms with Gasteiger partial charge in [0.25, 0.3) is 5.91 Å². The largest absolute Gasteiger partial charge is 0.507 e. The third-order valence-corrected chi connectivity index (χ3v) is 3.17. The monoisotopic (exact) mass is 297 g/mol. The summed E-state index contributed by atoms with van der Waals surface area (Å²) >= 11 is 0. The maximum Gasteiger partial charge on any atom is 0.258 e. The van der Waals surface area contributed by atoms with Gasteiger partial charge in [-0.3, -0.25) is 4.79 Å². The number of hydrogen-bond acceptors (Lipinski definition) is 5. The molecule has 0 aliphatic heterocycles. The van der Waals surface area contributed by atoms with Gasteiger partial charge in [-0.2, -0.15) is 0 Å². The van der Waals surface area contributed by atoms with E-state index in [4.69, 9.17) is 14.2 Å². The molecule has 6 heteroatoms. The van der Waals surface area contributed by atoms with Crippen molar-refractivity contribution in [2.75, 3.05) is 41.1 Å². The van der Waals surface area contributed by atoms with Crippen LogP contribution in [0.4, 0.5) is 0 Å². The molecular formula is C15H23NO5. The molecule has 0 heterocycles. The van der Waals surface area contributed by atoms with Crippen LogP contribution in [0.2, 0.25) is 0 Å². The van der Waals surface area contributed by atoms with Crippen LogP contribution in [0.3, 0.4) is 0 Å². The van der Waals surface area contributed by atoms with Gasteiger partial charge in [-0.05, 0) is 19.1 Å². The smallest absolute Gasteiger partial charge is 0.258 e. The molecule has 6 nitrogen and oxygen atoms in total. The minimum Gasteiger partial charge on any atom is -0.507 e. The lowest BCUT2D eigenvalue weighted by molar-refractivity contribution is 0.0477. The van der Waals surface area contributed by atoms with Gasteiger partial charge < -0.3 is 24.2 Å². The van der Waals surface area contributed by atoms with E-state index in [9.17, 15) is 9.90 Å². The molecule has 1 N–H and O–H groups in total. The van der Waals surface area contributed by atoms with Crippen molar-refractivity contribution in [3.05, 3.63) is 23.8 Å². The summed E-state index contributed by atoms with van der Waals surface area (Å²) < 4.78 is 15.2. The first-order chi connectivity index (χ1) is 10.0. The van der Waals surface area contributed by atoms with Crippen molar-refractivity contribution >= 4 is 5.91 Å². The molecule has 118 valence electrons. The minimum absolute atomic E-state index is 0.105. The Kier molecular flexibility index (Phi) is 6.98. The highest BCUT2D eigenvalue weighted by molar-refractivity contribution is 5.97. The number of carbonyl (C=O) groups is 1. The van der Waals surface area contributed by atoms with Crippen LogP contribution < -0.4 is 4.74 Å². The highest BCUT2D eigenvalue weighted by Gasteiger charge is 2.23. The summed E-state index contributed by atoms with van der Waals surface area (Å²) in [5.74, 6) is 0.126. The fourth-order valence-corrected chi connectivity index (χ4v) is 2.02. The van der Waals surface area contributed by atoms with Crippen molar-refractivity contribution in [2.45, 2.75) is 13.0 Å². The average Bonchev–Trinajstić information content (AvgIpc) is 2.47. The van der Waals surface area contributed by atoms with Gasteiger partial charge in [-0.25, -0.2) is 0 Å². The van der Waals surface area contributed by atoms with E-state index in [1.165, 1.54) is 13.2 Å². The molecule has 1 atom stereocenters. The van der Waals surface area contributed by atoms with Crippen molar-refractivity contribution in [3.8, 4) is 11.5 Å². The van der Waals surface area contributed by atoms with Crippen LogP contribution in [0, 0.1) is 0 Å². The van der Waals surface area contributed by atoms with E-state index < -0.39 is 0 Å². The molecule has 21 heavy (non-hydrogen) atoms. The lowest BCUT2D eigenvalue weighted by Crippen LogP contribution is -2.43. The lowest BCUT2D eigenvalue weighted by Gasteiger charge is -2.29. The van der Waals surface area contributed by atoms with E-state index in [-0.39, 0.29) is 23.3 Å². The van der Waals surface area contributed by atoms with Crippen LogP contribution in [0.15, 0.2) is 18.2 Å². The highest BCUT2D eigenvalue weighted by Crippen LogP contribution is 2.25. The van der Waals surface area contributed by atoms with E-state index in [1.54, 1.807) is 31.3 Å². The van der Waals surface area contributed by atoms with Gasteiger partial charge in [0.05, 0.1) is 31.9 Å². The predicted octanol–water partition coefficient (Wildman–Crippen LogP) is 1.52. The number of benzene rings is 1. The molecular weight excluding hydrogens is 274 g/mol. The van der Waals surface area contributed by atoms with Crippen LogP contribution in [0.5, 0.6) is 11.5 Å². The molecule has 0 radical (unpaired) electrons. The summed E-state index contributed by atoms with van der Waals surface area (Å²) in [7, 11) is 4.66. The van der Waals surface area contributed by atoms with Gasteiger partial charge >= 0.3 is 0 Å². The molecule has 0 fully saturated rings. The van der Waals surface area contributed by atoms with Crippen molar-refractivity contribution in [2.24, 2.45) is 0 Å². The Bertz CT molecular complexity index is 463. The third-order valence-electron chi connectivity index (χ3n) is 3.17. The standard InChI is InChI=1S/C15H23NO5/c1-11(10-20-3)16(7-8-19-2)15(18)13-6-5-12(21-4)9-14(13)17/h5-6,9,11,17H,7-8,10H2,1-4H3. The molecule has 0 aromatic heterocycles. The normalized spacial score (nSPS) is 12.0. The molecule has 1 amide bonds. The summed E-state index contributed by atoms with van der Waals surface area (Å²) in [4.78, 5) is 14.2.